The Labute approximate surface area is 136 Å². The van der Waals surface area contributed by atoms with Gasteiger partial charge in [0, 0.05) is 13.5 Å². The van der Waals surface area contributed by atoms with Gasteiger partial charge < -0.3 is 4.74 Å². The lowest BCUT2D eigenvalue weighted by Gasteiger charge is -2.29. The smallest absolute Gasteiger partial charge is 0.325 e. The lowest BCUT2D eigenvalue weighted by atomic mass is 9.82. The summed E-state index contributed by atoms with van der Waals surface area (Å²) in [5.41, 5.74) is 1.39. The Balaban J connectivity index is 2.04. The van der Waals surface area contributed by atoms with Gasteiger partial charge in [-0.15, -0.1) is 0 Å². The Morgan fingerprint density at radius 2 is 1.65 bits per heavy atom. The van der Waals surface area contributed by atoms with Crippen molar-refractivity contribution in [2.45, 2.75) is 25.0 Å². The second-order valence-electron chi connectivity index (χ2n) is 5.67. The summed E-state index contributed by atoms with van der Waals surface area (Å²) in [5.74, 6) is -0.247. The van der Waals surface area contributed by atoms with E-state index in [0.717, 1.165) is 11.1 Å². The molecule has 1 heterocycles. The van der Waals surface area contributed by atoms with E-state index >= 15 is 0 Å². The number of rotatable bonds is 4. The van der Waals surface area contributed by atoms with Crippen LogP contribution in [0.25, 0.3) is 0 Å². The predicted octanol–water partition coefficient (Wildman–Crippen LogP) is 3.13. The Morgan fingerprint density at radius 1 is 1.13 bits per heavy atom. The van der Waals surface area contributed by atoms with Gasteiger partial charge in [-0.1, -0.05) is 60.7 Å². The van der Waals surface area contributed by atoms with Crippen LogP contribution in [0.1, 0.15) is 24.5 Å². The number of hydrogen-bond acceptors (Lipinski definition) is 4. The predicted molar refractivity (Wildman–Crippen MR) is 87.6 cm³/mol. The van der Waals surface area contributed by atoms with Crippen molar-refractivity contribution in [2.75, 3.05) is 13.7 Å². The van der Waals surface area contributed by atoms with Gasteiger partial charge in [-0.3, -0.25) is 9.63 Å². The number of esters is 1. The summed E-state index contributed by atoms with van der Waals surface area (Å²) < 4.78 is 5.20. The van der Waals surface area contributed by atoms with E-state index in [9.17, 15) is 4.79 Å². The van der Waals surface area contributed by atoms with Crippen LogP contribution in [-0.4, -0.2) is 30.7 Å². The summed E-state index contributed by atoms with van der Waals surface area (Å²) in [7, 11) is 1.79. The Morgan fingerprint density at radius 3 is 2.13 bits per heavy atom. The fourth-order valence-electron chi connectivity index (χ4n) is 3.14. The molecule has 4 heteroatoms. The number of hydrogen-bond donors (Lipinski definition) is 0. The molecule has 0 radical (unpaired) electrons. The number of ether oxygens (including phenoxy) is 1. The third kappa shape index (κ3) is 2.87. The SMILES string of the molecule is CCOC(=O)C1CC(c2ccccc2)(c2ccccc2)ON1C. The van der Waals surface area contributed by atoms with Crippen molar-refractivity contribution in [3.05, 3.63) is 71.8 Å². The van der Waals surface area contributed by atoms with Gasteiger partial charge in [-0.05, 0) is 18.1 Å². The maximum absolute atomic E-state index is 12.3. The molecule has 2 aromatic rings. The lowest BCUT2D eigenvalue weighted by Crippen LogP contribution is -2.33. The highest BCUT2D eigenvalue weighted by molar-refractivity contribution is 5.76. The Hall–Kier alpha value is -2.17. The first-order valence-electron chi connectivity index (χ1n) is 7.87. The van der Waals surface area contributed by atoms with Gasteiger partial charge in [-0.2, -0.15) is 5.06 Å². The average Bonchev–Trinajstić information content (AvgIpc) is 2.96. The summed E-state index contributed by atoms with van der Waals surface area (Å²) in [4.78, 5) is 18.5. The monoisotopic (exact) mass is 311 g/mol. The quantitative estimate of drug-likeness (QED) is 0.813. The summed E-state index contributed by atoms with van der Waals surface area (Å²) in [6.07, 6.45) is 0.524. The fourth-order valence-corrected chi connectivity index (χ4v) is 3.14. The lowest BCUT2D eigenvalue weighted by molar-refractivity contribution is -0.189. The van der Waals surface area contributed by atoms with Gasteiger partial charge in [0.15, 0.2) is 0 Å². The third-order valence-electron chi connectivity index (χ3n) is 4.26. The molecule has 1 fully saturated rings. The van der Waals surface area contributed by atoms with Crippen LogP contribution in [0.3, 0.4) is 0 Å². The van der Waals surface area contributed by atoms with E-state index in [1.54, 1.807) is 12.1 Å². The number of hydroxylamine groups is 2. The normalized spacial score (nSPS) is 20.3. The molecule has 0 amide bonds. The van der Waals surface area contributed by atoms with Crippen molar-refractivity contribution in [1.29, 1.82) is 0 Å². The van der Waals surface area contributed by atoms with Crippen LogP contribution in [0.15, 0.2) is 60.7 Å². The number of carbonyl (C=O) groups is 1. The summed E-state index contributed by atoms with van der Waals surface area (Å²) in [6.45, 7) is 2.18. The fraction of sp³-hybridized carbons (Fsp3) is 0.316. The van der Waals surface area contributed by atoms with Crippen LogP contribution >= 0.6 is 0 Å². The van der Waals surface area contributed by atoms with E-state index in [4.69, 9.17) is 9.57 Å². The highest BCUT2D eigenvalue weighted by Gasteiger charge is 2.50. The average molecular weight is 311 g/mol. The van der Waals surface area contributed by atoms with E-state index in [-0.39, 0.29) is 5.97 Å². The molecular formula is C19H21NO3. The van der Waals surface area contributed by atoms with Crippen molar-refractivity contribution < 1.29 is 14.4 Å². The van der Waals surface area contributed by atoms with Crippen LogP contribution < -0.4 is 0 Å². The van der Waals surface area contributed by atoms with E-state index < -0.39 is 11.6 Å². The van der Waals surface area contributed by atoms with Gasteiger partial charge >= 0.3 is 5.97 Å². The van der Waals surface area contributed by atoms with Crippen molar-refractivity contribution in [1.82, 2.24) is 5.06 Å². The van der Waals surface area contributed by atoms with E-state index in [1.807, 2.05) is 67.6 Å². The zero-order chi connectivity index (χ0) is 16.3. The minimum absolute atomic E-state index is 0.247. The van der Waals surface area contributed by atoms with Crippen molar-refractivity contribution >= 4 is 5.97 Å². The topological polar surface area (TPSA) is 38.8 Å². The largest absolute Gasteiger partial charge is 0.465 e. The first-order chi connectivity index (χ1) is 11.2. The molecule has 23 heavy (non-hydrogen) atoms. The van der Waals surface area contributed by atoms with E-state index in [2.05, 4.69) is 0 Å². The second-order valence-corrected chi connectivity index (χ2v) is 5.67. The van der Waals surface area contributed by atoms with Gasteiger partial charge in [0.2, 0.25) is 0 Å². The molecule has 1 saturated heterocycles. The maximum Gasteiger partial charge on any atom is 0.325 e. The minimum atomic E-state index is -0.672. The zero-order valence-electron chi connectivity index (χ0n) is 13.4. The molecule has 1 aliphatic rings. The number of likely N-dealkylation sites (N-methyl/N-ethyl adjacent to an activating group) is 1. The van der Waals surface area contributed by atoms with Crippen LogP contribution in [0, 0.1) is 0 Å². The van der Waals surface area contributed by atoms with E-state index in [0.29, 0.717) is 13.0 Å². The van der Waals surface area contributed by atoms with Gasteiger partial charge in [0.25, 0.3) is 0 Å². The highest BCUT2D eigenvalue weighted by atomic mass is 16.7. The molecule has 0 saturated carbocycles. The standard InChI is InChI=1S/C19H21NO3/c1-3-22-18(21)17-14-19(23-20(17)2,15-10-6-4-7-11-15)16-12-8-5-9-13-16/h4-13,17H,3,14H2,1-2H3. The molecule has 4 nitrogen and oxygen atoms in total. The Bertz CT molecular complexity index is 617. The van der Waals surface area contributed by atoms with Crippen molar-refractivity contribution in [3.8, 4) is 0 Å². The third-order valence-corrected chi connectivity index (χ3v) is 4.26. The van der Waals surface area contributed by atoms with Crippen molar-refractivity contribution in [3.63, 3.8) is 0 Å². The zero-order valence-corrected chi connectivity index (χ0v) is 13.4. The molecule has 1 unspecified atom stereocenters. The molecule has 0 aromatic heterocycles. The van der Waals surface area contributed by atoms with Crippen LogP contribution in [0.4, 0.5) is 0 Å². The highest BCUT2D eigenvalue weighted by Crippen LogP contribution is 2.44. The maximum atomic E-state index is 12.3. The molecule has 0 bridgehead atoms. The molecule has 120 valence electrons. The Kier molecular flexibility index (Phi) is 4.46. The molecular weight excluding hydrogens is 290 g/mol. The molecule has 3 rings (SSSR count). The first-order valence-corrected chi connectivity index (χ1v) is 7.87. The van der Waals surface area contributed by atoms with E-state index in [1.165, 1.54) is 0 Å². The summed E-state index contributed by atoms with van der Waals surface area (Å²) in [6, 6.07) is 19.6. The summed E-state index contributed by atoms with van der Waals surface area (Å²) >= 11 is 0. The minimum Gasteiger partial charge on any atom is -0.465 e. The molecule has 0 N–H and O–H groups in total. The van der Waals surface area contributed by atoms with Gasteiger partial charge in [0.1, 0.15) is 11.6 Å². The van der Waals surface area contributed by atoms with Gasteiger partial charge in [0.05, 0.1) is 6.61 Å². The second kappa shape index (κ2) is 6.52. The number of nitrogens with zero attached hydrogens (tertiary/aromatic N) is 1. The number of benzene rings is 2. The molecule has 1 atom stereocenters. The number of carbonyl (C=O) groups excluding carboxylic acids is 1. The molecule has 0 spiro atoms. The summed E-state index contributed by atoms with van der Waals surface area (Å²) in [5, 5.41) is 1.62. The van der Waals surface area contributed by atoms with Crippen LogP contribution in [-0.2, 0) is 20.0 Å². The molecule has 1 aliphatic heterocycles. The van der Waals surface area contributed by atoms with Crippen LogP contribution in [0.2, 0.25) is 0 Å². The van der Waals surface area contributed by atoms with Gasteiger partial charge in [-0.25, -0.2) is 0 Å². The van der Waals surface area contributed by atoms with Crippen molar-refractivity contribution in [2.24, 2.45) is 0 Å². The first kappa shape index (κ1) is 15.7. The molecule has 0 aliphatic carbocycles. The molecule has 2 aromatic carbocycles. The van der Waals surface area contributed by atoms with Crippen LogP contribution in [0.5, 0.6) is 0 Å².